The fourth-order valence-corrected chi connectivity index (χ4v) is 3.15. The molecule has 12 nitrogen and oxygen atoms in total. The van der Waals surface area contributed by atoms with E-state index in [0.717, 1.165) is 0 Å². The van der Waals surface area contributed by atoms with Gasteiger partial charge in [-0.3, -0.25) is 19.2 Å². The van der Waals surface area contributed by atoms with E-state index in [2.05, 4.69) is 16.0 Å². The van der Waals surface area contributed by atoms with E-state index < -0.39 is 53.8 Å². The van der Waals surface area contributed by atoms with Crippen molar-refractivity contribution in [3.05, 3.63) is 29.8 Å². The zero-order valence-electron chi connectivity index (χ0n) is 20.1. The summed E-state index contributed by atoms with van der Waals surface area (Å²) in [6.45, 7) is 5.02. The first-order valence-corrected chi connectivity index (χ1v) is 11.3. The number of hydrogen-bond acceptors (Lipinski definition) is 7. The average Bonchev–Trinajstić information content (AvgIpc) is 2.77. The third-order valence-corrected chi connectivity index (χ3v) is 5.12. The summed E-state index contributed by atoms with van der Waals surface area (Å²) < 4.78 is 0. The van der Waals surface area contributed by atoms with E-state index in [1.807, 2.05) is 13.8 Å². The summed E-state index contributed by atoms with van der Waals surface area (Å²) in [5.41, 5.74) is 11.4. The van der Waals surface area contributed by atoms with Gasteiger partial charge in [-0.15, -0.1) is 0 Å². The number of carbonyl (C=O) groups is 5. The molecule has 0 heterocycles. The number of rotatable bonds is 14. The fraction of sp³-hybridized carbons (Fsp3) is 0.522. The molecular weight excluding hydrogens is 458 g/mol. The van der Waals surface area contributed by atoms with Crippen LogP contribution in [0.25, 0.3) is 0 Å². The molecule has 35 heavy (non-hydrogen) atoms. The van der Waals surface area contributed by atoms with Gasteiger partial charge in [-0.25, -0.2) is 4.79 Å². The number of nitrogens with one attached hydrogen (secondary N) is 3. The number of carboxylic acids is 1. The summed E-state index contributed by atoms with van der Waals surface area (Å²) in [6, 6.07) is 1.51. The Morgan fingerprint density at radius 3 is 1.97 bits per heavy atom. The van der Waals surface area contributed by atoms with Crippen LogP contribution in [-0.2, 0) is 30.4 Å². The van der Waals surface area contributed by atoms with Crippen molar-refractivity contribution < 1.29 is 34.2 Å². The van der Waals surface area contributed by atoms with E-state index in [4.69, 9.17) is 11.5 Å². The monoisotopic (exact) mass is 493 g/mol. The Kier molecular flexibility index (Phi) is 11.7. The maximum Gasteiger partial charge on any atom is 0.326 e. The Hall–Kier alpha value is -3.67. The van der Waals surface area contributed by atoms with Crippen molar-refractivity contribution in [3.8, 4) is 5.75 Å². The van der Waals surface area contributed by atoms with Crippen LogP contribution < -0.4 is 27.4 Å². The van der Waals surface area contributed by atoms with Gasteiger partial charge in [0, 0.05) is 12.8 Å². The standard InChI is InChI=1S/C23H35N5O7/c1-12(2)10-18(23(34)35)28-22(33)17(11-14-4-6-15(29)7-5-14)27-20(31)13(3)26-21(32)16(24)8-9-19(25)30/h4-7,12-13,16-18,29H,8-11,24H2,1-3H3,(H2,25,30)(H,26,32)(H,27,31)(H,28,33)(H,34,35). The Morgan fingerprint density at radius 1 is 0.886 bits per heavy atom. The number of aliphatic carboxylic acids is 1. The lowest BCUT2D eigenvalue weighted by atomic mass is 10.0. The highest BCUT2D eigenvalue weighted by atomic mass is 16.4. The smallest absolute Gasteiger partial charge is 0.326 e. The molecule has 4 amide bonds. The molecule has 1 rings (SSSR count). The number of primary amides is 1. The lowest BCUT2D eigenvalue weighted by molar-refractivity contribution is -0.142. The average molecular weight is 494 g/mol. The number of carbonyl (C=O) groups excluding carboxylic acids is 4. The van der Waals surface area contributed by atoms with Crippen LogP contribution in [0.5, 0.6) is 5.75 Å². The molecule has 0 aliphatic heterocycles. The SMILES string of the molecule is CC(C)CC(NC(=O)C(Cc1ccc(O)cc1)NC(=O)C(C)NC(=O)C(N)CCC(N)=O)C(=O)O. The van der Waals surface area contributed by atoms with E-state index in [0.29, 0.717) is 5.56 Å². The molecule has 0 saturated heterocycles. The maximum atomic E-state index is 13.0. The first kappa shape index (κ1) is 29.4. The largest absolute Gasteiger partial charge is 0.508 e. The van der Waals surface area contributed by atoms with Crippen LogP contribution in [0, 0.1) is 5.92 Å². The van der Waals surface area contributed by atoms with Crippen molar-refractivity contribution in [1.82, 2.24) is 16.0 Å². The van der Waals surface area contributed by atoms with Crippen molar-refractivity contribution >= 4 is 29.6 Å². The highest BCUT2D eigenvalue weighted by Crippen LogP contribution is 2.12. The quantitative estimate of drug-likeness (QED) is 0.172. The number of benzene rings is 1. The van der Waals surface area contributed by atoms with Gasteiger partial charge in [0.15, 0.2) is 0 Å². The van der Waals surface area contributed by atoms with E-state index in [1.165, 1.54) is 19.1 Å². The number of phenols is 1. The molecule has 0 fully saturated rings. The van der Waals surface area contributed by atoms with E-state index >= 15 is 0 Å². The molecule has 0 radical (unpaired) electrons. The molecule has 0 spiro atoms. The summed E-state index contributed by atoms with van der Waals surface area (Å²) in [5.74, 6) is -3.88. The number of amides is 4. The highest BCUT2D eigenvalue weighted by Gasteiger charge is 2.29. The van der Waals surface area contributed by atoms with Crippen molar-refractivity contribution in [1.29, 1.82) is 0 Å². The van der Waals surface area contributed by atoms with E-state index in [1.54, 1.807) is 12.1 Å². The van der Waals surface area contributed by atoms with Gasteiger partial charge in [-0.2, -0.15) is 0 Å². The number of phenolic OH excluding ortho intramolecular Hbond substituents is 1. The lowest BCUT2D eigenvalue weighted by Gasteiger charge is -2.24. The van der Waals surface area contributed by atoms with Gasteiger partial charge < -0.3 is 37.6 Å². The maximum absolute atomic E-state index is 13.0. The third kappa shape index (κ3) is 10.9. The Labute approximate surface area is 203 Å². The lowest BCUT2D eigenvalue weighted by Crippen LogP contribution is -2.57. The molecule has 1 aromatic carbocycles. The van der Waals surface area contributed by atoms with Crippen LogP contribution in [0.3, 0.4) is 0 Å². The van der Waals surface area contributed by atoms with Gasteiger partial charge in [0.2, 0.25) is 23.6 Å². The molecule has 4 unspecified atom stereocenters. The minimum atomic E-state index is -1.20. The molecular formula is C23H35N5O7. The summed E-state index contributed by atoms with van der Waals surface area (Å²) in [5, 5.41) is 26.4. The van der Waals surface area contributed by atoms with Crippen molar-refractivity contribution in [3.63, 3.8) is 0 Å². The Balaban J connectivity index is 2.95. The van der Waals surface area contributed by atoms with Gasteiger partial charge in [-0.05, 0) is 43.4 Å². The molecule has 0 aliphatic carbocycles. The van der Waals surface area contributed by atoms with Gasteiger partial charge >= 0.3 is 5.97 Å². The van der Waals surface area contributed by atoms with E-state index in [-0.39, 0.29) is 37.4 Å². The van der Waals surface area contributed by atoms with Crippen LogP contribution in [0.15, 0.2) is 24.3 Å². The second-order valence-electron chi connectivity index (χ2n) is 8.80. The van der Waals surface area contributed by atoms with Crippen LogP contribution in [0.4, 0.5) is 0 Å². The molecule has 1 aromatic rings. The van der Waals surface area contributed by atoms with Gasteiger partial charge in [0.05, 0.1) is 6.04 Å². The summed E-state index contributed by atoms with van der Waals surface area (Å²) >= 11 is 0. The van der Waals surface area contributed by atoms with Gasteiger partial charge in [-0.1, -0.05) is 26.0 Å². The van der Waals surface area contributed by atoms with Crippen molar-refractivity contribution in [2.24, 2.45) is 17.4 Å². The summed E-state index contributed by atoms with van der Waals surface area (Å²) in [7, 11) is 0. The van der Waals surface area contributed by atoms with Crippen molar-refractivity contribution in [2.45, 2.75) is 70.6 Å². The summed E-state index contributed by atoms with van der Waals surface area (Å²) in [4.78, 5) is 60.4. The number of hydrogen-bond donors (Lipinski definition) is 7. The Bertz CT molecular complexity index is 904. The minimum absolute atomic E-state index is 0.00412. The molecule has 12 heteroatoms. The van der Waals surface area contributed by atoms with E-state index in [9.17, 15) is 34.2 Å². The molecule has 0 saturated carbocycles. The third-order valence-electron chi connectivity index (χ3n) is 5.12. The second-order valence-corrected chi connectivity index (χ2v) is 8.80. The number of carboxylic acid groups (broad SMARTS) is 1. The fourth-order valence-electron chi connectivity index (χ4n) is 3.15. The second kappa shape index (κ2) is 13.9. The van der Waals surface area contributed by atoms with Crippen molar-refractivity contribution in [2.75, 3.05) is 0 Å². The Morgan fingerprint density at radius 2 is 1.46 bits per heavy atom. The first-order valence-electron chi connectivity index (χ1n) is 11.3. The molecule has 9 N–H and O–H groups in total. The van der Waals surface area contributed by atoms with Gasteiger partial charge in [0.1, 0.15) is 23.9 Å². The first-order chi connectivity index (χ1) is 16.3. The highest BCUT2D eigenvalue weighted by molar-refractivity contribution is 5.94. The summed E-state index contributed by atoms with van der Waals surface area (Å²) in [6.07, 6.45) is 0.111. The predicted octanol–water partition coefficient (Wildman–Crippen LogP) is -0.867. The zero-order valence-corrected chi connectivity index (χ0v) is 20.1. The molecule has 194 valence electrons. The molecule has 0 aliphatic rings. The predicted molar refractivity (Wildman–Crippen MR) is 127 cm³/mol. The van der Waals surface area contributed by atoms with Gasteiger partial charge in [0.25, 0.3) is 0 Å². The topological polar surface area (TPSA) is 214 Å². The normalized spacial score (nSPS) is 14.3. The van der Waals surface area contributed by atoms with Crippen LogP contribution in [0.1, 0.15) is 45.6 Å². The molecule has 0 aromatic heterocycles. The number of aromatic hydroxyl groups is 1. The minimum Gasteiger partial charge on any atom is -0.508 e. The molecule has 4 atom stereocenters. The zero-order chi connectivity index (χ0) is 26.7. The van der Waals surface area contributed by atoms with Crippen LogP contribution in [0.2, 0.25) is 0 Å². The number of nitrogens with two attached hydrogens (primary N) is 2. The van der Waals surface area contributed by atoms with Crippen LogP contribution >= 0.6 is 0 Å². The van der Waals surface area contributed by atoms with Crippen LogP contribution in [-0.4, -0.2) is 64.0 Å². The molecule has 0 bridgehead atoms.